The number of pyridine rings is 1. The Morgan fingerprint density at radius 1 is 1.44 bits per heavy atom. The zero-order valence-corrected chi connectivity index (χ0v) is 5.55. The number of nitrogens with one attached hydrogen (secondary N) is 1. The van der Waals surface area contributed by atoms with Crippen LogP contribution in [0, 0.1) is 0 Å². The third-order valence-electron chi connectivity index (χ3n) is 0.753. The Labute approximate surface area is 62.2 Å². The van der Waals surface area contributed by atoms with Gasteiger partial charge in [-0.2, -0.15) is 0 Å². The SMILES string of the molecule is O=c1cccc(O)[nH]1.[Fe]. The van der Waals surface area contributed by atoms with Gasteiger partial charge in [-0.15, -0.1) is 0 Å². The van der Waals surface area contributed by atoms with E-state index < -0.39 is 0 Å². The Balaban J connectivity index is 0.000000640. The molecule has 9 heavy (non-hydrogen) atoms. The van der Waals surface area contributed by atoms with Gasteiger partial charge in [0, 0.05) is 23.1 Å². The van der Waals surface area contributed by atoms with E-state index in [0.717, 1.165) is 0 Å². The van der Waals surface area contributed by atoms with E-state index in [4.69, 9.17) is 5.11 Å². The van der Waals surface area contributed by atoms with Crippen molar-refractivity contribution in [3.63, 3.8) is 0 Å². The number of hydrogen-bond donors (Lipinski definition) is 2. The van der Waals surface area contributed by atoms with Crippen LogP contribution in [0.3, 0.4) is 0 Å². The van der Waals surface area contributed by atoms with Crippen LogP contribution in [0.25, 0.3) is 0 Å². The van der Waals surface area contributed by atoms with Crippen molar-refractivity contribution in [2.75, 3.05) is 0 Å². The van der Waals surface area contributed by atoms with E-state index in [2.05, 4.69) is 4.98 Å². The van der Waals surface area contributed by atoms with Crippen LogP contribution in [-0.4, -0.2) is 10.1 Å². The minimum atomic E-state index is -0.287. The van der Waals surface area contributed by atoms with Crippen LogP contribution in [0.2, 0.25) is 0 Å². The predicted octanol–water partition coefficient (Wildman–Crippen LogP) is 0.0780. The van der Waals surface area contributed by atoms with Gasteiger partial charge in [0.15, 0.2) is 5.88 Å². The van der Waals surface area contributed by atoms with Gasteiger partial charge in [-0.25, -0.2) is 0 Å². The number of aromatic nitrogens is 1. The van der Waals surface area contributed by atoms with E-state index in [1.165, 1.54) is 18.2 Å². The maximum Gasteiger partial charge on any atom is 0.250 e. The van der Waals surface area contributed by atoms with E-state index >= 15 is 0 Å². The maximum absolute atomic E-state index is 10.3. The molecule has 4 heteroatoms. The zero-order chi connectivity index (χ0) is 5.98. The number of H-pyrrole nitrogens is 1. The molecule has 0 aliphatic rings. The fourth-order valence-electron chi connectivity index (χ4n) is 0.436. The summed E-state index contributed by atoms with van der Waals surface area (Å²) in [6.07, 6.45) is 0. The molecule has 1 aromatic heterocycles. The fourth-order valence-corrected chi connectivity index (χ4v) is 0.436. The number of aromatic amines is 1. The van der Waals surface area contributed by atoms with Crippen molar-refractivity contribution in [1.82, 2.24) is 4.98 Å². The normalized spacial score (nSPS) is 8.00. The monoisotopic (exact) mass is 167 g/mol. The molecule has 0 aromatic carbocycles. The van der Waals surface area contributed by atoms with Crippen molar-refractivity contribution in [1.29, 1.82) is 0 Å². The van der Waals surface area contributed by atoms with E-state index in [0.29, 0.717) is 0 Å². The topological polar surface area (TPSA) is 53.1 Å². The quantitative estimate of drug-likeness (QED) is 0.537. The molecule has 0 radical (unpaired) electrons. The van der Waals surface area contributed by atoms with Gasteiger partial charge in [-0.05, 0) is 6.07 Å². The van der Waals surface area contributed by atoms with Crippen molar-refractivity contribution >= 4 is 0 Å². The van der Waals surface area contributed by atoms with Crippen LogP contribution < -0.4 is 5.56 Å². The Hall–Kier alpha value is -0.731. The van der Waals surface area contributed by atoms with Gasteiger partial charge in [0.05, 0.1) is 0 Å². The summed E-state index contributed by atoms with van der Waals surface area (Å²) in [5.41, 5.74) is -0.287. The molecular formula is C5H5FeNO2. The Kier molecular flexibility index (Phi) is 3.06. The van der Waals surface area contributed by atoms with Crippen LogP contribution in [0.4, 0.5) is 0 Å². The van der Waals surface area contributed by atoms with Crippen molar-refractivity contribution in [2.24, 2.45) is 0 Å². The summed E-state index contributed by atoms with van der Waals surface area (Å²) in [6, 6.07) is 4.22. The van der Waals surface area contributed by atoms with E-state index in [1.807, 2.05) is 0 Å². The molecule has 0 unspecified atom stereocenters. The minimum absolute atomic E-state index is 0. The number of aromatic hydroxyl groups is 1. The molecule has 0 aliphatic carbocycles. The van der Waals surface area contributed by atoms with Crippen molar-refractivity contribution in [2.45, 2.75) is 0 Å². The molecule has 0 bridgehead atoms. The molecule has 0 aliphatic heterocycles. The Morgan fingerprint density at radius 3 is 2.44 bits per heavy atom. The van der Waals surface area contributed by atoms with Crippen LogP contribution in [0.1, 0.15) is 0 Å². The predicted molar refractivity (Wildman–Crippen MR) is 28.7 cm³/mol. The van der Waals surface area contributed by atoms with Crippen LogP contribution in [0.15, 0.2) is 23.0 Å². The van der Waals surface area contributed by atoms with Crippen molar-refractivity contribution in [3.8, 4) is 5.88 Å². The number of rotatable bonds is 0. The van der Waals surface area contributed by atoms with E-state index in [1.54, 1.807) is 0 Å². The first-order valence-corrected chi connectivity index (χ1v) is 2.17. The molecule has 0 saturated carbocycles. The first kappa shape index (κ1) is 8.27. The summed E-state index contributed by atoms with van der Waals surface area (Å²) in [5, 5.41) is 8.56. The van der Waals surface area contributed by atoms with Gasteiger partial charge in [0.1, 0.15) is 0 Å². The smallest absolute Gasteiger partial charge is 0.250 e. The van der Waals surface area contributed by atoms with Gasteiger partial charge >= 0.3 is 0 Å². The van der Waals surface area contributed by atoms with Crippen LogP contribution in [0.5, 0.6) is 5.88 Å². The summed E-state index contributed by atoms with van der Waals surface area (Å²) in [6.45, 7) is 0. The second-order valence-corrected chi connectivity index (χ2v) is 1.40. The largest absolute Gasteiger partial charge is 0.495 e. The molecule has 1 aromatic rings. The zero-order valence-electron chi connectivity index (χ0n) is 4.44. The third-order valence-corrected chi connectivity index (χ3v) is 0.753. The summed E-state index contributed by atoms with van der Waals surface area (Å²) in [5.74, 6) is -0.0995. The Bertz CT molecular complexity index is 232. The third kappa shape index (κ3) is 2.35. The Morgan fingerprint density at radius 2 is 2.11 bits per heavy atom. The molecule has 0 atom stereocenters. The average molecular weight is 167 g/mol. The minimum Gasteiger partial charge on any atom is -0.495 e. The van der Waals surface area contributed by atoms with Gasteiger partial charge in [-0.3, -0.25) is 9.78 Å². The molecule has 2 N–H and O–H groups in total. The average Bonchev–Trinajstić information content (AvgIpc) is 1.64. The second-order valence-electron chi connectivity index (χ2n) is 1.40. The van der Waals surface area contributed by atoms with Gasteiger partial charge < -0.3 is 5.11 Å². The molecule has 0 spiro atoms. The summed E-state index contributed by atoms with van der Waals surface area (Å²) in [7, 11) is 0. The summed E-state index contributed by atoms with van der Waals surface area (Å²) < 4.78 is 0. The summed E-state index contributed by atoms with van der Waals surface area (Å²) in [4.78, 5) is 12.4. The molecule has 0 fully saturated rings. The molecule has 0 saturated heterocycles. The molecule has 0 amide bonds. The standard InChI is InChI=1S/C5H5NO2.Fe/c7-4-2-1-3-5(8)6-4;/h1-3H,(H2,6,7,8);. The van der Waals surface area contributed by atoms with Crippen LogP contribution in [-0.2, 0) is 17.1 Å². The fraction of sp³-hybridized carbons (Fsp3) is 0. The molecule has 1 rings (SSSR count). The van der Waals surface area contributed by atoms with Crippen molar-refractivity contribution in [3.05, 3.63) is 28.6 Å². The molecule has 3 nitrogen and oxygen atoms in total. The maximum atomic E-state index is 10.3. The summed E-state index contributed by atoms with van der Waals surface area (Å²) >= 11 is 0. The second kappa shape index (κ2) is 3.33. The van der Waals surface area contributed by atoms with E-state index in [-0.39, 0.29) is 28.5 Å². The van der Waals surface area contributed by atoms with Gasteiger partial charge in [0.2, 0.25) is 0 Å². The number of hydrogen-bond acceptors (Lipinski definition) is 2. The van der Waals surface area contributed by atoms with E-state index in [9.17, 15) is 4.79 Å². The van der Waals surface area contributed by atoms with Crippen molar-refractivity contribution < 1.29 is 22.2 Å². The van der Waals surface area contributed by atoms with Gasteiger partial charge in [0.25, 0.3) is 5.56 Å². The first-order chi connectivity index (χ1) is 3.79. The first-order valence-electron chi connectivity index (χ1n) is 2.17. The molecule has 50 valence electrons. The van der Waals surface area contributed by atoms with Gasteiger partial charge in [-0.1, -0.05) is 6.07 Å². The molecule has 1 heterocycles. The van der Waals surface area contributed by atoms with Crippen LogP contribution >= 0.6 is 0 Å². The molecular weight excluding hydrogens is 162 g/mol.